The molecule has 0 aromatic carbocycles. The lowest BCUT2D eigenvalue weighted by molar-refractivity contribution is -0.755. The van der Waals surface area contributed by atoms with Crippen molar-refractivity contribution in [2.75, 3.05) is 7.11 Å². The van der Waals surface area contributed by atoms with Gasteiger partial charge in [0, 0.05) is 7.11 Å². The Bertz CT molecular complexity index is 222. The molecule has 0 spiro atoms. The first kappa shape index (κ1) is 7.21. The quantitative estimate of drug-likeness (QED) is 0.538. The number of hydrogen-bond donors (Lipinski definition) is 0. The van der Waals surface area contributed by atoms with E-state index in [0.717, 1.165) is 0 Å². The topological polar surface area (TPSA) is 18.0 Å². The van der Waals surface area contributed by atoms with E-state index in [9.17, 15) is 4.39 Å². The normalized spacial score (nSPS) is 10.3. The van der Waals surface area contributed by atoms with Crippen molar-refractivity contribution in [3.63, 3.8) is 0 Å². The zero-order chi connectivity index (χ0) is 7.56. The van der Waals surface area contributed by atoms with Crippen LogP contribution in [-0.2, 0) is 18.5 Å². The summed E-state index contributed by atoms with van der Waals surface area (Å²) in [6, 6.07) is 0. The summed E-state index contributed by atoms with van der Waals surface area (Å²) in [5.74, 6) is 0. The number of nitrogens with zero attached hydrogens (tertiary/aromatic N) is 2. The number of rotatable bonds is 2. The largest absolute Gasteiger partial charge is 0.447 e. The van der Waals surface area contributed by atoms with Crippen molar-refractivity contribution < 1.29 is 13.7 Å². The molecule has 1 rings (SSSR count). The van der Waals surface area contributed by atoms with Crippen LogP contribution in [0.2, 0.25) is 0 Å². The Hall–Kier alpha value is -0.900. The fourth-order valence-corrected chi connectivity index (χ4v) is 0.741. The van der Waals surface area contributed by atoms with Crippen LogP contribution in [0.25, 0.3) is 0 Å². The minimum Gasteiger partial charge on any atom is -0.345 e. The molecule has 4 heteroatoms. The van der Waals surface area contributed by atoms with Gasteiger partial charge < -0.3 is 4.74 Å². The van der Waals surface area contributed by atoms with Gasteiger partial charge in [-0.05, 0) is 0 Å². The van der Waals surface area contributed by atoms with Crippen LogP contribution in [0.4, 0.5) is 4.39 Å². The van der Waals surface area contributed by atoms with E-state index in [1.165, 1.54) is 16.2 Å². The molecule has 56 valence electrons. The summed E-state index contributed by atoms with van der Waals surface area (Å²) in [5, 5.41) is 0. The minimum atomic E-state index is -0.304. The number of ether oxygens (including phenoxy) is 1. The lowest BCUT2D eigenvalue weighted by atomic mass is 10.9. The predicted octanol–water partition coefficient (Wildman–Crippen LogP) is 0.0556. The second-order valence-electron chi connectivity index (χ2n) is 2.07. The van der Waals surface area contributed by atoms with Crippen LogP contribution < -0.4 is 4.57 Å². The van der Waals surface area contributed by atoms with Crippen molar-refractivity contribution >= 4 is 0 Å². The number of imidazole rings is 1. The minimum absolute atomic E-state index is 0.257. The summed E-state index contributed by atoms with van der Waals surface area (Å²) in [5.41, 5.74) is 0. The van der Waals surface area contributed by atoms with Gasteiger partial charge >= 0.3 is 6.08 Å². The molecule has 0 amide bonds. The number of hydrogen-bond acceptors (Lipinski definition) is 1. The lowest BCUT2D eigenvalue weighted by Gasteiger charge is -1.91. The summed E-state index contributed by atoms with van der Waals surface area (Å²) in [6.07, 6.45) is 2.95. The van der Waals surface area contributed by atoms with Gasteiger partial charge in [0.15, 0.2) is 6.73 Å². The summed E-state index contributed by atoms with van der Waals surface area (Å²) in [4.78, 5) is 0. The van der Waals surface area contributed by atoms with Crippen LogP contribution in [0, 0.1) is 6.08 Å². The molecule has 1 aromatic heterocycles. The predicted molar refractivity (Wildman–Crippen MR) is 32.6 cm³/mol. The molecular formula is C6H10FN2O+. The number of halogens is 1. The fourth-order valence-electron chi connectivity index (χ4n) is 0.741. The van der Waals surface area contributed by atoms with E-state index >= 15 is 0 Å². The standard InChI is InChI=1S/C6H10FN2O/c1-8-3-4-9(5-10-2)6(8)7/h3-4H,5H2,1-2H3/q+1. The molecule has 0 aliphatic heterocycles. The highest BCUT2D eigenvalue weighted by Gasteiger charge is 2.11. The molecule has 10 heavy (non-hydrogen) atoms. The monoisotopic (exact) mass is 145 g/mol. The SMILES string of the molecule is COC[n+]1ccn(C)c1F. The van der Waals surface area contributed by atoms with E-state index in [4.69, 9.17) is 4.74 Å². The molecular weight excluding hydrogens is 135 g/mol. The number of aromatic nitrogens is 2. The lowest BCUT2D eigenvalue weighted by Crippen LogP contribution is -2.37. The van der Waals surface area contributed by atoms with Crippen LogP contribution in [0.3, 0.4) is 0 Å². The third-order valence-corrected chi connectivity index (χ3v) is 1.27. The Morgan fingerprint density at radius 1 is 1.80 bits per heavy atom. The molecule has 0 bridgehead atoms. The van der Waals surface area contributed by atoms with Crippen molar-refractivity contribution in [2.24, 2.45) is 7.05 Å². The van der Waals surface area contributed by atoms with Crippen molar-refractivity contribution in [1.82, 2.24) is 4.57 Å². The Morgan fingerprint density at radius 3 is 2.90 bits per heavy atom. The molecule has 0 radical (unpaired) electrons. The van der Waals surface area contributed by atoms with Crippen molar-refractivity contribution in [2.45, 2.75) is 6.73 Å². The second-order valence-corrected chi connectivity index (χ2v) is 2.07. The molecule has 3 nitrogen and oxygen atoms in total. The molecule has 0 saturated carbocycles. The van der Waals surface area contributed by atoms with E-state index in [1.54, 1.807) is 19.4 Å². The second kappa shape index (κ2) is 2.79. The van der Waals surface area contributed by atoms with Crippen LogP contribution in [0.15, 0.2) is 12.4 Å². The van der Waals surface area contributed by atoms with Gasteiger partial charge in [0.05, 0.1) is 7.05 Å². The fraction of sp³-hybridized carbons (Fsp3) is 0.500. The average Bonchev–Trinajstić information content (AvgIpc) is 2.20. The van der Waals surface area contributed by atoms with Gasteiger partial charge in [0.1, 0.15) is 12.4 Å². The van der Waals surface area contributed by atoms with Crippen LogP contribution in [0.1, 0.15) is 0 Å². The van der Waals surface area contributed by atoms with Crippen LogP contribution in [-0.4, -0.2) is 11.7 Å². The molecule has 1 aromatic rings. The highest BCUT2D eigenvalue weighted by molar-refractivity contribution is 4.64. The van der Waals surface area contributed by atoms with Gasteiger partial charge in [-0.3, -0.25) is 0 Å². The van der Waals surface area contributed by atoms with Crippen LogP contribution >= 0.6 is 0 Å². The van der Waals surface area contributed by atoms with Crippen molar-refractivity contribution in [1.29, 1.82) is 0 Å². The Labute approximate surface area is 58.7 Å². The maximum atomic E-state index is 12.8. The maximum Gasteiger partial charge on any atom is 0.447 e. The summed E-state index contributed by atoms with van der Waals surface area (Å²) >= 11 is 0. The smallest absolute Gasteiger partial charge is 0.345 e. The summed E-state index contributed by atoms with van der Waals surface area (Å²) in [7, 11) is 3.17. The highest BCUT2D eigenvalue weighted by Crippen LogP contribution is 1.87. The molecule has 0 N–H and O–H groups in total. The van der Waals surface area contributed by atoms with E-state index in [2.05, 4.69) is 0 Å². The number of aryl methyl sites for hydroxylation is 1. The van der Waals surface area contributed by atoms with Gasteiger partial charge in [-0.2, -0.15) is 4.57 Å². The third-order valence-electron chi connectivity index (χ3n) is 1.27. The van der Waals surface area contributed by atoms with Crippen molar-refractivity contribution in [3.05, 3.63) is 18.5 Å². The molecule has 0 unspecified atom stereocenters. The van der Waals surface area contributed by atoms with Gasteiger partial charge in [-0.1, -0.05) is 0 Å². The van der Waals surface area contributed by atoms with Gasteiger partial charge in [0.25, 0.3) is 0 Å². The molecule has 1 heterocycles. The molecule has 0 saturated heterocycles. The Balaban J connectivity index is 2.83. The van der Waals surface area contributed by atoms with E-state index in [0.29, 0.717) is 0 Å². The third kappa shape index (κ3) is 1.16. The van der Waals surface area contributed by atoms with Gasteiger partial charge in [-0.25, -0.2) is 4.57 Å². The first-order chi connectivity index (χ1) is 4.75. The zero-order valence-corrected chi connectivity index (χ0v) is 6.04. The maximum absolute atomic E-state index is 12.8. The summed E-state index contributed by atoms with van der Waals surface area (Å²) < 4.78 is 20.3. The first-order valence-electron chi connectivity index (χ1n) is 2.95. The van der Waals surface area contributed by atoms with E-state index in [1.807, 2.05) is 0 Å². The molecule has 0 aliphatic rings. The van der Waals surface area contributed by atoms with Gasteiger partial charge in [0.2, 0.25) is 0 Å². The van der Waals surface area contributed by atoms with E-state index < -0.39 is 0 Å². The zero-order valence-electron chi connectivity index (χ0n) is 6.04. The Kier molecular flexibility index (Phi) is 2.01. The first-order valence-corrected chi connectivity index (χ1v) is 2.95. The Morgan fingerprint density at radius 2 is 2.50 bits per heavy atom. The average molecular weight is 145 g/mol. The van der Waals surface area contributed by atoms with Gasteiger partial charge in [-0.15, -0.1) is 4.39 Å². The summed E-state index contributed by atoms with van der Waals surface area (Å²) in [6.45, 7) is 0.257. The van der Waals surface area contributed by atoms with Crippen LogP contribution in [0.5, 0.6) is 0 Å². The number of methoxy groups -OCH3 is 1. The van der Waals surface area contributed by atoms with E-state index in [-0.39, 0.29) is 12.8 Å². The molecule has 0 atom stereocenters. The molecule has 0 fully saturated rings. The highest BCUT2D eigenvalue weighted by atomic mass is 19.1. The molecule has 0 aliphatic carbocycles. The van der Waals surface area contributed by atoms with Crippen molar-refractivity contribution in [3.8, 4) is 0 Å².